The van der Waals surface area contributed by atoms with Crippen molar-refractivity contribution >= 4 is 17.6 Å². The van der Waals surface area contributed by atoms with Gasteiger partial charge in [-0.25, -0.2) is 0 Å². The van der Waals surface area contributed by atoms with Gasteiger partial charge in [0.2, 0.25) is 5.91 Å². The zero-order chi connectivity index (χ0) is 15.1. The van der Waals surface area contributed by atoms with Crippen LogP contribution in [0.1, 0.15) is 17.5 Å². The van der Waals surface area contributed by atoms with E-state index in [2.05, 4.69) is 5.32 Å². The van der Waals surface area contributed by atoms with Gasteiger partial charge in [0.15, 0.2) is 0 Å². The fourth-order valence-electron chi connectivity index (χ4n) is 3.60. The molecule has 4 atom stereocenters. The highest BCUT2D eigenvalue weighted by molar-refractivity contribution is 5.96. The molecule has 0 radical (unpaired) electrons. The molecule has 0 aromatic heterocycles. The first kappa shape index (κ1) is 13.9. The van der Waals surface area contributed by atoms with Gasteiger partial charge >= 0.3 is 0 Å². The van der Waals surface area contributed by atoms with Crippen LogP contribution < -0.4 is 10.4 Å². The number of fused-ring (bicyclic) bond motifs is 2. The average Bonchev–Trinajstić information content (AvgIpc) is 3.04. The third kappa shape index (κ3) is 2.24. The second kappa shape index (κ2) is 5.02. The molecule has 0 unspecified atom stereocenters. The van der Waals surface area contributed by atoms with Gasteiger partial charge in [0.05, 0.1) is 5.92 Å². The van der Waals surface area contributed by atoms with Gasteiger partial charge in [-0.2, -0.15) is 0 Å². The van der Waals surface area contributed by atoms with E-state index >= 15 is 0 Å². The molecule has 4 nitrogen and oxygen atoms in total. The Kier molecular flexibility index (Phi) is 3.32. The van der Waals surface area contributed by atoms with E-state index in [1.807, 2.05) is 44.2 Å². The molecule has 1 N–H and O–H groups in total. The number of aryl methyl sites for hydroxylation is 1. The number of hydrogen-bond acceptors (Lipinski definition) is 3. The molecule has 1 fully saturated rings. The van der Waals surface area contributed by atoms with Gasteiger partial charge < -0.3 is 15.2 Å². The smallest absolute Gasteiger partial charge is 0.228 e. The van der Waals surface area contributed by atoms with Crippen LogP contribution in [0.25, 0.3) is 0 Å². The van der Waals surface area contributed by atoms with Crippen LogP contribution in [0.4, 0.5) is 5.69 Å². The number of carboxylic acid groups (broad SMARTS) is 1. The van der Waals surface area contributed by atoms with Crippen LogP contribution in [0.3, 0.4) is 0 Å². The van der Waals surface area contributed by atoms with Crippen LogP contribution in [0.5, 0.6) is 0 Å². The van der Waals surface area contributed by atoms with E-state index in [1.54, 1.807) is 0 Å². The van der Waals surface area contributed by atoms with E-state index in [4.69, 9.17) is 0 Å². The molecule has 1 aromatic rings. The van der Waals surface area contributed by atoms with Crippen molar-refractivity contribution in [2.75, 3.05) is 5.32 Å². The zero-order valence-corrected chi connectivity index (χ0v) is 12.1. The number of carbonyl (C=O) groups excluding carboxylic acids is 2. The Labute approximate surface area is 123 Å². The van der Waals surface area contributed by atoms with E-state index in [0.717, 1.165) is 23.2 Å². The first-order chi connectivity index (χ1) is 9.99. The topological polar surface area (TPSA) is 69.2 Å². The van der Waals surface area contributed by atoms with Crippen molar-refractivity contribution in [1.29, 1.82) is 0 Å². The number of benzene rings is 1. The predicted octanol–water partition coefficient (Wildman–Crippen LogP) is 1.43. The standard InChI is InChI=1S/C17H19NO3/c1-9-4-3-5-13(10(9)2)18-16(19)14-11-6-7-12(8-11)15(14)17(20)21/h3-7,11-12,14-15H,8H2,1-2H3,(H,18,19)(H,20,21)/p-1/t11-,12-,14+,15-/m0/s1. The number of hydrogen-bond donors (Lipinski definition) is 1. The Bertz CT molecular complexity index is 635. The Morgan fingerprint density at radius 1 is 1.14 bits per heavy atom. The lowest BCUT2D eigenvalue weighted by atomic mass is 9.82. The Hall–Kier alpha value is -2.10. The number of rotatable bonds is 3. The van der Waals surface area contributed by atoms with Crippen molar-refractivity contribution in [2.24, 2.45) is 23.7 Å². The number of aliphatic carboxylic acids is 1. The summed E-state index contributed by atoms with van der Waals surface area (Å²) in [5, 5.41) is 14.3. The lowest BCUT2D eigenvalue weighted by Crippen LogP contribution is -2.42. The summed E-state index contributed by atoms with van der Waals surface area (Å²) in [5.74, 6) is -2.60. The summed E-state index contributed by atoms with van der Waals surface area (Å²) >= 11 is 0. The Morgan fingerprint density at radius 3 is 2.48 bits per heavy atom. The third-order valence-electron chi connectivity index (χ3n) is 4.90. The minimum Gasteiger partial charge on any atom is -0.550 e. The van der Waals surface area contributed by atoms with Gasteiger partial charge in [-0.05, 0) is 49.3 Å². The van der Waals surface area contributed by atoms with Crippen LogP contribution in [0.15, 0.2) is 30.4 Å². The Morgan fingerprint density at radius 2 is 1.81 bits per heavy atom. The van der Waals surface area contributed by atoms with E-state index in [1.165, 1.54) is 0 Å². The lowest BCUT2D eigenvalue weighted by Gasteiger charge is -2.28. The number of allylic oxidation sites excluding steroid dienone is 2. The largest absolute Gasteiger partial charge is 0.550 e. The monoisotopic (exact) mass is 284 g/mol. The summed E-state index contributed by atoms with van der Waals surface area (Å²) in [6.45, 7) is 3.93. The first-order valence-corrected chi connectivity index (χ1v) is 7.25. The van der Waals surface area contributed by atoms with Crippen LogP contribution >= 0.6 is 0 Å². The molecule has 110 valence electrons. The molecule has 4 heteroatoms. The highest BCUT2D eigenvalue weighted by Crippen LogP contribution is 2.48. The second-order valence-corrected chi connectivity index (χ2v) is 6.06. The highest BCUT2D eigenvalue weighted by atomic mass is 16.4. The molecule has 1 amide bonds. The van der Waals surface area contributed by atoms with Crippen LogP contribution in [0.2, 0.25) is 0 Å². The van der Waals surface area contributed by atoms with Crippen LogP contribution in [-0.2, 0) is 9.59 Å². The summed E-state index contributed by atoms with van der Waals surface area (Å²) < 4.78 is 0. The summed E-state index contributed by atoms with van der Waals surface area (Å²) in [7, 11) is 0. The van der Waals surface area contributed by atoms with Crippen molar-refractivity contribution in [3.8, 4) is 0 Å². The van der Waals surface area contributed by atoms with E-state index in [-0.39, 0.29) is 17.7 Å². The van der Waals surface area contributed by atoms with Crippen molar-refractivity contribution in [3.63, 3.8) is 0 Å². The highest BCUT2D eigenvalue weighted by Gasteiger charge is 2.48. The zero-order valence-electron chi connectivity index (χ0n) is 12.1. The number of nitrogens with one attached hydrogen (secondary N) is 1. The molecule has 0 aliphatic heterocycles. The third-order valence-corrected chi connectivity index (χ3v) is 4.90. The maximum atomic E-state index is 12.5. The fourth-order valence-corrected chi connectivity index (χ4v) is 3.60. The van der Waals surface area contributed by atoms with Crippen molar-refractivity contribution in [3.05, 3.63) is 41.5 Å². The number of carbonyl (C=O) groups is 2. The number of amides is 1. The van der Waals surface area contributed by atoms with Crippen LogP contribution in [0, 0.1) is 37.5 Å². The number of anilines is 1. The molecule has 3 rings (SSSR count). The van der Waals surface area contributed by atoms with Crippen molar-refractivity contribution in [2.45, 2.75) is 20.3 Å². The fraction of sp³-hybridized carbons (Fsp3) is 0.412. The molecule has 2 aliphatic carbocycles. The van der Waals surface area contributed by atoms with E-state index in [0.29, 0.717) is 0 Å². The maximum absolute atomic E-state index is 12.5. The summed E-state index contributed by atoms with van der Waals surface area (Å²) in [6, 6.07) is 5.71. The molecule has 1 saturated carbocycles. The minimum atomic E-state index is -1.12. The molecule has 0 saturated heterocycles. The lowest BCUT2D eigenvalue weighted by molar-refractivity contribution is -0.313. The quantitative estimate of drug-likeness (QED) is 0.854. The molecule has 1 aromatic carbocycles. The molecule has 2 bridgehead atoms. The van der Waals surface area contributed by atoms with Gasteiger partial charge in [0.25, 0.3) is 0 Å². The summed E-state index contributed by atoms with van der Waals surface area (Å²) in [6.07, 6.45) is 4.62. The molecular weight excluding hydrogens is 266 g/mol. The second-order valence-electron chi connectivity index (χ2n) is 6.06. The van der Waals surface area contributed by atoms with Gasteiger partial charge in [-0.15, -0.1) is 0 Å². The summed E-state index contributed by atoms with van der Waals surface area (Å²) in [4.78, 5) is 23.9. The first-order valence-electron chi connectivity index (χ1n) is 7.25. The molecule has 2 aliphatic rings. The maximum Gasteiger partial charge on any atom is 0.228 e. The average molecular weight is 284 g/mol. The molecule has 21 heavy (non-hydrogen) atoms. The van der Waals surface area contributed by atoms with Crippen LogP contribution in [-0.4, -0.2) is 11.9 Å². The summed E-state index contributed by atoms with van der Waals surface area (Å²) in [5.41, 5.74) is 2.86. The molecule has 0 spiro atoms. The Balaban J connectivity index is 1.84. The molecule has 0 heterocycles. The minimum absolute atomic E-state index is 0.0167. The van der Waals surface area contributed by atoms with E-state index in [9.17, 15) is 14.7 Å². The van der Waals surface area contributed by atoms with Gasteiger partial charge in [-0.1, -0.05) is 24.3 Å². The molecular formula is C17H18NO3-. The van der Waals surface area contributed by atoms with Gasteiger partial charge in [0.1, 0.15) is 0 Å². The normalized spacial score (nSPS) is 29.6. The number of carboxylic acids is 1. The van der Waals surface area contributed by atoms with E-state index < -0.39 is 17.8 Å². The van der Waals surface area contributed by atoms with Crippen molar-refractivity contribution in [1.82, 2.24) is 0 Å². The SMILES string of the molecule is Cc1cccc(NC(=O)[C@H]2[C@@H](C(=O)[O-])[C@H]3C=C[C@H]2C3)c1C. The van der Waals surface area contributed by atoms with Gasteiger partial charge in [-0.3, -0.25) is 4.79 Å². The predicted molar refractivity (Wildman–Crippen MR) is 77.3 cm³/mol. The van der Waals surface area contributed by atoms with Crippen molar-refractivity contribution < 1.29 is 14.7 Å². The van der Waals surface area contributed by atoms with Gasteiger partial charge in [0, 0.05) is 17.6 Å².